The highest BCUT2D eigenvalue weighted by atomic mass is 35.5. The maximum Gasteiger partial charge on any atom is 0.460 e. The number of aromatic nitrogens is 1. The fourth-order valence-electron chi connectivity index (χ4n) is 5.70. The lowest BCUT2D eigenvalue weighted by Crippen LogP contribution is -2.62. The number of phenols is 1. The molecule has 0 aliphatic carbocycles. The molecule has 0 unspecified atom stereocenters. The second-order valence-corrected chi connectivity index (χ2v) is 10.6. The first kappa shape index (κ1) is 28.9. The Bertz CT molecular complexity index is 1390. The molecule has 3 atom stereocenters. The van der Waals surface area contributed by atoms with E-state index in [1.165, 1.54) is 34.9 Å². The number of phenolic OH excluding ortho intramolecular Hbond substituents is 1. The molecule has 1 aromatic carbocycles. The van der Waals surface area contributed by atoms with Crippen LogP contribution >= 0.6 is 11.6 Å². The Kier molecular flexibility index (Phi) is 7.53. The number of nitrogens with zero attached hydrogens (tertiary/aromatic N) is 5. The van der Waals surface area contributed by atoms with Gasteiger partial charge in [-0.1, -0.05) is 24.2 Å². The molecule has 0 radical (unpaired) electrons. The Morgan fingerprint density at radius 2 is 1.85 bits per heavy atom. The molecule has 4 heterocycles. The van der Waals surface area contributed by atoms with Crippen LogP contribution in [0.3, 0.4) is 0 Å². The van der Waals surface area contributed by atoms with Crippen molar-refractivity contribution in [2.45, 2.75) is 38.3 Å². The number of fused-ring (bicyclic) bond motifs is 2. The molecule has 2 aromatic rings. The van der Waals surface area contributed by atoms with Crippen LogP contribution in [0.2, 0.25) is 5.02 Å². The summed E-state index contributed by atoms with van der Waals surface area (Å²) in [6.07, 6.45) is -3.39. The van der Waals surface area contributed by atoms with E-state index in [9.17, 15) is 27.9 Å². The molecule has 2 amide bonds. The van der Waals surface area contributed by atoms with Gasteiger partial charge in [-0.3, -0.25) is 9.59 Å². The second kappa shape index (κ2) is 10.7. The first-order valence-corrected chi connectivity index (χ1v) is 13.4. The fourth-order valence-corrected chi connectivity index (χ4v) is 5.98. The van der Waals surface area contributed by atoms with Gasteiger partial charge in [0.2, 0.25) is 5.91 Å². The molecule has 2 fully saturated rings. The van der Waals surface area contributed by atoms with Crippen molar-refractivity contribution in [3.05, 3.63) is 47.3 Å². The van der Waals surface area contributed by atoms with Crippen molar-refractivity contribution in [1.82, 2.24) is 19.7 Å². The highest BCUT2D eigenvalue weighted by Crippen LogP contribution is 2.47. The van der Waals surface area contributed by atoms with Gasteiger partial charge in [0, 0.05) is 44.8 Å². The van der Waals surface area contributed by atoms with E-state index in [0.29, 0.717) is 4.90 Å². The summed E-state index contributed by atoms with van der Waals surface area (Å²) < 4.78 is 62.2. The molecule has 220 valence electrons. The molecule has 1 N–H and O–H groups in total. The lowest BCUT2D eigenvalue weighted by molar-refractivity contribution is -0.261. The summed E-state index contributed by atoms with van der Waals surface area (Å²) in [5.74, 6) is -2.29. The van der Waals surface area contributed by atoms with Crippen molar-refractivity contribution in [1.29, 1.82) is 0 Å². The highest BCUT2D eigenvalue weighted by molar-refractivity contribution is 6.35. The number of hydrogen-bond donors (Lipinski definition) is 1. The first-order valence-electron chi connectivity index (χ1n) is 13.0. The second-order valence-electron chi connectivity index (χ2n) is 10.2. The number of alkyl halides is 3. The molecule has 2 saturated heterocycles. The zero-order valence-electron chi connectivity index (χ0n) is 22.3. The summed E-state index contributed by atoms with van der Waals surface area (Å²) in [4.78, 5) is 35.9. The summed E-state index contributed by atoms with van der Waals surface area (Å²) in [6.45, 7) is 6.42. The van der Waals surface area contributed by atoms with E-state index in [2.05, 4.69) is 11.6 Å². The van der Waals surface area contributed by atoms with Gasteiger partial charge in [-0.2, -0.15) is 13.2 Å². The number of anilines is 1. The molecule has 3 aliphatic rings. The van der Waals surface area contributed by atoms with Gasteiger partial charge in [-0.15, -0.1) is 0 Å². The van der Waals surface area contributed by atoms with E-state index in [-0.39, 0.29) is 72.1 Å². The van der Waals surface area contributed by atoms with E-state index in [0.717, 1.165) is 6.07 Å². The van der Waals surface area contributed by atoms with Gasteiger partial charge in [0.15, 0.2) is 5.75 Å². The number of pyridine rings is 1. The third-order valence-electron chi connectivity index (χ3n) is 8.03. The highest BCUT2D eigenvalue weighted by Gasteiger charge is 2.48. The van der Waals surface area contributed by atoms with Crippen LogP contribution in [-0.4, -0.2) is 100 Å². The minimum Gasteiger partial charge on any atom is -0.507 e. The van der Waals surface area contributed by atoms with Crippen LogP contribution in [-0.2, 0) is 4.79 Å². The van der Waals surface area contributed by atoms with Gasteiger partial charge in [-0.05, 0) is 32.1 Å². The first-order chi connectivity index (χ1) is 19.3. The quantitative estimate of drug-likeness (QED) is 0.326. The van der Waals surface area contributed by atoms with E-state index < -0.39 is 48.4 Å². The van der Waals surface area contributed by atoms with Gasteiger partial charge in [0.1, 0.15) is 40.3 Å². The van der Waals surface area contributed by atoms with Gasteiger partial charge in [0.25, 0.3) is 5.91 Å². The third kappa shape index (κ3) is 4.94. The smallest absolute Gasteiger partial charge is 0.460 e. The molecule has 41 heavy (non-hydrogen) atoms. The molecule has 14 heteroatoms. The van der Waals surface area contributed by atoms with Crippen LogP contribution < -0.4 is 9.64 Å². The lowest BCUT2D eigenvalue weighted by Gasteiger charge is -2.46. The van der Waals surface area contributed by atoms with Crippen LogP contribution in [0.1, 0.15) is 24.2 Å². The van der Waals surface area contributed by atoms with E-state index in [1.807, 2.05) is 0 Å². The van der Waals surface area contributed by atoms with Gasteiger partial charge < -0.3 is 24.5 Å². The van der Waals surface area contributed by atoms with Crippen molar-refractivity contribution in [2.75, 3.05) is 44.2 Å². The predicted octanol–water partition coefficient (Wildman–Crippen LogP) is 3.90. The Morgan fingerprint density at radius 1 is 1.15 bits per heavy atom. The van der Waals surface area contributed by atoms with Crippen LogP contribution in [0.15, 0.2) is 30.9 Å². The standard InChI is InChI=1S/C27H28ClF4N5O4/c1-4-19(39)34-8-9-36-16(12-34)13-41-24-21(26(36)40)25(35-10-11-37(27(30,31)32)15(3)14(35)2)33-23(22(24)28)20-17(29)6-5-7-18(20)38/h4-7,14-16,38H,1,8-13H2,2-3H3/t14-,15-,16+/m0/s1. The molecule has 5 rings (SSSR count). The van der Waals surface area contributed by atoms with Gasteiger partial charge in [0.05, 0.1) is 11.6 Å². The Hall–Kier alpha value is -3.58. The average molecular weight is 598 g/mol. The van der Waals surface area contributed by atoms with Crippen LogP contribution in [0.25, 0.3) is 11.3 Å². The Balaban J connectivity index is 1.66. The summed E-state index contributed by atoms with van der Waals surface area (Å²) in [5, 5.41) is 10.3. The van der Waals surface area contributed by atoms with Crippen molar-refractivity contribution in [2.24, 2.45) is 0 Å². The Morgan fingerprint density at radius 3 is 2.51 bits per heavy atom. The summed E-state index contributed by atoms with van der Waals surface area (Å²) in [6, 6.07) is 1.25. The Labute approximate surface area is 238 Å². The summed E-state index contributed by atoms with van der Waals surface area (Å²) >= 11 is 6.71. The van der Waals surface area contributed by atoms with Crippen molar-refractivity contribution < 1.29 is 37.0 Å². The number of halogens is 5. The van der Waals surface area contributed by atoms with Crippen LogP contribution in [0.5, 0.6) is 11.5 Å². The maximum absolute atomic E-state index is 15.0. The van der Waals surface area contributed by atoms with Crippen LogP contribution in [0.4, 0.5) is 23.4 Å². The number of carbonyl (C=O) groups is 2. The normalized spacial score (nSPS) is 23.4. The number of amides is 2. The maximum atomic E-state index is 15.0. The molecular weight excluding hydrogens is 570 g/mol. The van der Waals surface area contributed by atoms with Crippen LogP contribution in [0, 0.1) is 5.82 Å². The monoisotopic (exact) mass is 597 g/mol. The number of piperazine rings is 2. The number of ether oxygens (including phenoxy) is 1. The molecule has 0 spiro atoms. The SMILES string of the molecule is C=CC(=O)N1CCN2C(=O)c3c(N4CCN(C(F)(F)F)[C@@H](C)[C@@H]4C)nc(-c4c(O)cccc4F)c(Cl)c3OC[C@H]2C1. The molecular formula is C27H28ClF4N5O4. The van der Waals surface area contributed by atoms with Gasteiger partial charge >= 0.3 is 6.30 Å². The van der Waals surface area contributed by atoms with Crippen molar-refractivity contribution in [3.63, 3.8) is 0 Å². The molecule has 3 aliphatic heterocycles. The van der Waals surface area contributed by atoms with E-state index in [1.54, 1.807) is 11.8 Å². The minimum atomic E-state index is -4.57. The van der Waals surface area contributed by atoms with Crippen molar-refractivity contribution in [3.8, 4) is 22.8 Å². The molecule has 1 aromatic heterocycles. The fraction of sp³-hybridized carbons (Fsp3) is 0.444. The van der Waals surface area contributed by atoms with Crippen molar-refractivity contribution >= 4 is 29.2 Å². The lowest BCUT2D eigenvalue weighted by atomic mass is 10.0. The minimum absolute atomic E-state index is 0.0292. The topological polar surface area (TPSA) is 89.5 Å². The molecule has 0 bridgehead atoms. The van der Waals surface area contributed by atoms with E-state index >= 15 is 4.39 Å². The average Bonchev–Trinajstić information content (AvgIpc) is 3.07. The largest absolute Gasteiger partial charge is 0.507 e. The molecule has 0 saturated carbocycles. The number of hydrogen-bond acceptors (Lipinski definition) is 7. The summed E-state index contributed by atoms with van der Waals surface area (Å²) in [7, 11) is 0. The molecule has 9 nitrogen and oxygen atoms in total. The van der Waals surface area contributed by atoms with Gasteiger partial charge in [-0.25, -0.2) is 14.3 Å². The number of aromatic hydroxyl groups is 1. The third-order valence-corrected chi connectivity index (χ3v) is 8.38. The predicted molar refractivity (Wildman–Crippen MR) is 142 cm³/mol. The number of benzene rings is 1. The zero-order chi connectivity index (χ0) is 29.8. The summed E-state index contributed by atoms with van der Waals surface area (Å²) in [5.41, 5.74) is -0.623. The number of carbonyl (C=O) groups excluding carboxylic acids is 2. The zero-order valence-corrected chi connectivity index (χ0v) is 23.0. The van der Waals surface area contributed by atoms with E-state index in [4.69, 9.17) is 16.3 Å². The number of rotatable bonds is 3.